The van der Waals surface area contributed by atoms with Crippen LogP contribution >= 0.6 is 0 Å². The molecule has 1 aliphatic rings. The van der Waals surface area contributed by atoms with E-state index in [1.54, 1.807) is 6.07 Å². The summed E-state index contributed by atoms with van der Waals surface area (Å²) in [6.45, 7) is -3.46. The van der Waals surface area contributed by atoms with E-state index in [0.29, 0.717) is 0 Å². The van der Waals surface area contributed by atoms with Crippen molar-refractivity contribution in [3.05, 3.63) is 47.5 Å². The molecule has 2 N–H and O–H groups in total. The number of likely N-dealkylation sites (tertiary alicyclic amines) is 1. The Morgan fingerprint density at radius 1 is 1.34 bits per heavy atom. The van der Waals surface area contributed by atoms with E-state index in [1.165, 1.54) is 30.1 Å². The Kier molecular flexibility index (Phi) is 7.33. The molecule has 2 heterocycles. The SMILES string of the molecule is CNC(=O)CN(Cc1ccccc1OC(F)F)C(=O)c1cnc(C(=O)N2CCC(F)C2)[nH]1. The van der Waals surface area contributed by atoms with Crippen molar-refractivity contribution in [1.29, 1.82) is 0 Å². The summed E-state index contributed by atoms with van der Waals surface area (Å²) in [7, 11) is 1.39. The number of rotatable bonds is 8. The lowest BCUT2D eigenvalue weighted by atomic mass is 10.1. The van der Waals surface area contributed by atoms with E-state index >= 15 is 0 Å². The van der Waals surface area contributed by atoms with Crippen LogP contribution < -0.4 is 10.1 Å². The average molecular weight is 453 g/mol. The van der Waals surface area contributed by atoms with Crippen molar-refractivity contribution in [2.75, 3.05) is 26.7 Å². The lowest BCUT2D eigenvalue weighted by Crippen LogP contribution is -2.39. The summed E-state index contributed by atoms with van der Waals surface area (Å²) in [4.78, 5) is 46.4. The topological polar surface area (TPSA) is 108 Å². The first-order valence-corrected chi connectivity index (χ1v) is 9.79. The van der Waals surface area contributed by atoms with E-state index in [-0.39, 0.29) is 55.4 Å². The van der Waals surface area contributed by atoms with Crippen LogP contribution in [0.15, 0.2) is 30.5 Å². The second kappa shape index (κ2) is 10.2. The normalized spacial score (nSPS) is 15.7. The summed E-state index contributed by atoms with van der Waals surface area (Å²) in [5.74, 6) is -1.99. The lowest BCUT2D eigenvalue weighted by Gasteiger charge is -2.22. The van der Waals surface area contributed by atoms with Crippen LogP contribution in [0.2, 0.25) is 0 Å². The number of alkyl halides is 3. The molecule has 1 aromatic carbocycles. The number of carbonyl (C=O) groups is 3. The third-order valence-electron chi connectivity index (χ3n) is 4.88. The van der Waals surface area contributed by atoms with Crippen molar-refractivity contribution >= 4 is 17.7 Å². The van der Waals surface area contributed by atoms with E-state index in [2.05, 4.69) is 20.0 Å². The van der Waals surface area contributed by atoms with Crippen LogP contribution in [0.3, 0.4) is 0 Å². The molecule has 172 valence electrons. The molecule has 1 aromatic heterocycles. The molecule has 1 saturated heterocycles. The molecule has 3 rings (SSSR count). The van der Waals surface area contributed by atoms with E-state index in [9.17, 15) is 27.6 Å². The zero-order chi connectivity index (χ0) is 23.3. The molecule has 3 amide bonds. The molecule has 1 unspecified atom stereocenters. The number of H-pyrrole nitrogens is 1. The highest BCUT2D eigenvalue weighted by Gasteiger charge is 2.29. The maximum Gasteiger partial charge on any atom is 0.387 e. The van der Waals surface area contributed by atoms with Crippen LogP contribution in [0.1, 0.15) is 33.1 Å². The van der Waals surface area contributed by atoms with Crippen LogP contribution in [-0.2, 0) is 11.3 Å². The van der Waals surface area contributed by atoms with E-state index in [1.807, 2.05) is 0 Å². The number of imidazole rings is 1. The Balaban J connectivity index is 1.81. The second-order valence-corrected chi connectivity index (χ2v) is 7.10. The summed E-state index contributed by atoms with van der Waals surface area (Å²) in [5, 5.41) is 2.39. The fourth-order valence-corrected chi connectivity index (χ4v) is 3.26. The fourth-order valence-electron chi connectivity index (χ4n) is 3.26. The maximum atomic E-state index is 13.4. The molecule has 1 fully saturated rings. The minimum absolute atomic E-state index is 0.0491. The van der Waals surface area contributed by atoms with E-state index < -0.39 is 30.5 Å². The Morgan fingerprint density at radius 3 is 2.75 bits per heavy atom. The van der Waals surface area contributed by atoms with Gasteiger partial charge in [-0.25, -0.2) is 9.37 Å². The number of likely N-dealkylation sites (N-methyl/N-ethyl adjacent to an activating group) is 1. The molecule has 0 spiro atoms. The van der Waals surface area contributed by atoms with Crippen LogP contribution in [-0.4, -0.2) is 77.0 Å². The number of carbonyl (C=O) groups excluding carboxylic acids is 3. The largest absolute Gasteiger partial charge is 0.434 e. The molecule has 9 nitrogen and oxygen atoms in total. The van der Waals surface area contributed by atoms with Gasteiger partial charge >= 0.3 is 6.61 Å². The number of ether oxygens (including phenoxy) is 1. The molecule has 12 heteroatoms. The van der Waals surface area contributed by atoms with Crippen molar-refractivity contribution in [2.45, 2.75) is 25.7 Å². The highest BCUT2D eigenvalue weighted by atomic mass is 19.3. The molecular formula is C20H22F3N5O4. The van der Waals surface area contributed by atoms with Gasteiger partial charge < -0.3 is 24.8 Å². The zero-order valence-electron chi connectivity index (χ0n) is 17.2. The van der Waals surface area contributed by atoms with Crippen molar-refractivity contribution < 1.29 is 32.3 Å². The number of aromatic amines is 1. The Hall–Kier alpha value is -3.57. The number of hydrogen-bond acceptors (Lipinski definition) is 5. The molecule has 1 atom stereocenters. The summed E-state index contributed by atoms with van der Waals surface area (Å²) in [6, 6.07) is 5.90. The van der Waals surface area contributed by atoms with Gasteiger partial charge in [-0.1, -0.05) is 18.2 Å². The second-order valence-electron chi connectivity index (χ2n) is 7.10. The minimum Gasteiger partial charge on any atom is -0.434 e. The number of benzene rings is 1. The highest BCUT2D eigenvalue weighted by molar-refractivity contribution is 5.97. The summed E-state index contributed by atoms with van der Waals surface area (Å²) in [5.41, 5.74) is 0.174. The molecule has 0 radical (unpaired) electrons. The van der Waals surface area contributed by atoms with Gasteiger partial charge in [-0.15, -0.1) is 0 Å². The van der Waals surface area contributed by atoms with E-state index in [0.717, 1.165) is 11.1 Å². The maximum absolute atomic E-state index is 13.4. The number of hydrogen-bond donors (Lipinski definition) is 2. The molecule has 2 aromatic rings. The molecule has 32 heavy (non-hydrogen) atoms. The standard InChI is InChI=1S/C20H22F3N5O4/c1-24-16(29)11-28(9-12-4-2-3-5-15(12)32-20(22)23)18(30)14-8-25-17(26-14)19(31)27-7-6-13(21)10-27/h2-5,8,13,20H,6-7,9-11H2,1H3,(H,24,29)(H,25,26). The van der Waals surface area contributed by atoms with Crippen molar-refractivity contribution in [1.82, 2.24) is 25.1 Å². The van der Waals surface area contributed by atoms with Gasteiger partial charge in [-0.2, -0.15) is 8.78 Å². The van der Waals surface area contributed by atoms with Crippen LogP contribution in [0.5, 0.6) is 5.75 Å². The van der Waals surface area contributed by atoms with Gasteiger partial charge in [-0.3, -0.25) is 14.4 Å². The molecular weight excluding hydrogens is 431 g/mol. The molecule has 0 aliphatic carbocycles. The minimum atomic E-state index is -3.06. The van der Waals surface area contributed by atoms with Crippen LogP contribution in [0.4, 0.5) is 13.2 Å². The van der Waals surface area contributed by atoms with E-state index in [4.69, 9.17) is 0 Å². The third kappa shape index (κ3) is 5.56. The number of para-hydroxylation sites is 1. The van der Waals surface area contributed by atoms with Gasteiger partial charge in [0.1, 0.15) is 24.2 Å². The molecule has 1 aliphatic heterocycles. The van der Waals surface area contributed by atoms with Crippen LogP contribution in [0, 0.1) is 0 Å². The summed E-state index contributed by atoms with van der Waals surface area (Å²) in [6.07, 6.45) is 0.267. The Bertz CT molecular complexity index is 984. The van der Waals surface area contributed by atoms with Gasteiger partial charge in [0, 0.05) is 19.2 Å². The fraction of sp³-hybridized carbons (Fsp3) is 0.400. The van der Waals surface area contributed by atoms with Crippen LogP contribution in [0.25, 0.3) is 0 Å². The number of aromatic nitrogens is 2. The smallest absolute Gasteiger partial charge is 0.387 e. The van der Waals surface area contributed by atoms with Gasteiger partial charge in [0.05, 0.1) is 19.3 Å². The summed E-state index contributed by atoms with van der Waals surface area (Å²) < 4.78 is 43.3. The number of nitrogens with one attached hydrogen (secondary N) is 2. The average Bonchev–Trinajstić information content (AvgIpc) is 3.42. The Labute approximate surface area is 181 Å². The lowest BCUT2D eigenvalue weighted by molar-refractivity contribution is -0.121. The first-order valence-electron chi connectivity index (χ1n) is 9.79. The zero-order valence-corrected chi connectivity index (χ0v) is 17.2. The number of nitrogens with zero attached hydrogens (tertiary/aromatic N) is 3. The molecule has 0 bridgehead atoms. The van der Waals surface area contributed by atoms with Gasteiger partial charge in [-0.05, 0) is 12.5 Å². The van der Waals surface area contributed by atoms with Gasteiger partial charge in [0.15, 0.2) is 5.82 Å². The predicted octanol–water partition coefficient (Wildman–Crippen LogP) is 1.58. The quantitative estimate of drug-likeness (QED) is 0.631. The summed E-state index contributed by atoms with van der Waals surface area (Å²) >= 11 is 0. The first kappa shape index (κ1) is 23.1. The van der Waals surface area contributed by atoms with Gasteiger partial charge in [0.25, 0.3) is 11.8 Å². The number of amides is 3. The predicted molar refractivity (Wildman–Crippen MR) is 106 cm³/mol. The third-order valence-corrected chi connectivity index (χ3v) is 4.88. The van der Waals surface area contributed by atoms with Gasteiger partial charge in [0.2, 0.25) is 5.91 Å². The van der Waals surface area contributed by atoms with Crippen molar-refractivity contribution in [2.24, 2.45) is 0 Å². The van der Waals surface area contributed by atoms with Crippen molar-refractivity contribution in [3.8, 4) is 5.75 Å². The monoisotopic (exact) mass is 453 g/mol. The number of halogens is 3. The first-order chi connectivity index (χ1) is 15.3. The Morgan fingerprint density at radius 2 is 2.09 bits per heavy atom. The van der Waals surface area contributed by atoms with Crippen molar-refractivity contribution in [3.63, 3.8) is 0 Å². The highest BCUT2D eigenvalue weighted by Crippen LogP contribution is 2.23. The molecule has 0 saturated carbocycles.